The van der Waals surface area contributed by atoms with Gasteiger partial charge < -0.3 is 200 Å². The van der Waals surface area contributed by atoms with Crippen molar-refractivity contribution >= 4 is 23.6 Å². The van der Waals surface area contributed by atoms with Gasteiger partial charge in [0.15, 0.2) is 50.3 Å². The Morgan fingerprint density at radius 1 is 0.280 bits per heavy atom. The van der Waals surface area contributed by atoms with Gasteiger partial charge in [0.25, 0.3) is 0 Å². The average Bonchev–Trinajstić information content (AvgIpc) is 0.762. The first-order chi connectivity index (χ1) is 47.2. The van der Waals surface area contributed by atoms with Crippen LogP contribution < -0.4 is 21.3 Å². The molecule has 8 fully saturated rings. The predicted molar refractivity (Wildman–Crippen MR) is 309 cm³/mol. The maximum Gasteiger partial charge on any atom is 0.217 e. The summed E-state index contributed by atoms with van der Waals surface area (Å²) in [5.74, 6) is -3.51. The maximum atomic E-state index is 13.1. The van der Waals surface area contributed by atoms with Gasteiger partial charge >= 0.3 is 0 Å². The number of aliphatic hydroxyl groups excluding tert-OH is 21. The van der Waals surface area contributed by atoms with E-state index in [2.05, 4.69) is 21.3 Å². The van der Waals surface area contributed by atoms with Crippen molar-refractivity contribution in [3.8, 4) is 0 Å². The summed E-state index contributed by atoms with van der Waals surface area (Å²) in [7, 11) is 0. The number of ether oxygens (including phenoxy) is 15. The third-order valence-corrected chi connectivity index (χ3v) is 18.2. The number of aliphatic hydroxyl groups is 21. The van der Waals surface area contributed by atoms with E-state index in [1.807, 2.05) is 0 Å². The van der Waals surface area contributed by atoms with Crippen molar-refractivity contribution in [3.63, 3.8) is 0 Å². The molecule has 44 heteroatoms. The summed E-state index contributed by atoms with van der Waals surface area (Å²) in [4.78, 5) is 50.7. The highest BCUT2D eigenvalue weighted by atomic mass is 16.8. The number of nitrogens with one attached hydrogen (secondary N) is 4. The van der Waals surface area contributed by atoms with E-state index >= 15 is 0 Å². The molecule has 8 aliphatic rings. The van der Waals surface area contributed by atoms with Gasteiger partial charge in [-0.05, 0) is 6.92 Å². The number of hydrogen-bond donors (Lipinski definition) is 25. The summed E-state index contributed by atoms with van der Waals surface area (Å²) >= 11 is 0. The second-order valence-corrected chi connectivity index (χ2v) is 25.4. The first-order valence-corrected chi connectivity index (χ1v) is 32.0. The molecule has 40 atom stereocenters. The van der Waals surface area contributed by atoms with Crippen molar-refractivity contribution in [1.82, 2.24) is 21.3 Å². The minimum absolute atomic E-state index is 0.815. The molecule has 0 unspecified atom stereocenters. The van der Waals surface area contributed by atoms with Crippen molar-refractivity contribution < 1.29 is 197 Å². The lowest BCUT2D eigenvalue weighted by atomic mass is 9.93. The van der Waals surface area contributed by atoms with Crippen LogP contribution in [0.15, 0.2) is 0 Å². The molecule has 25 N–H and O–H groups in total. The van der Waals surface area contributed by atoms with Crippen LogP contribution in [0.1, 0.15) is 34.6 Å². The molecule has 8 heterocycles. The second kappa shape index (κ2) is 35.7. The van der Waals surface area contributed by atoms with Gasteiger partial charge in [-0.25, -0.2) is 0 Å². The van der Waals surface area contributed by atoms with Gasteiger partial charge in [-0.3, -0.25) is 19.2 Å². The Morgan fingerprint density at radius 2 is 0.600 bits per heavy atom. The van der Waals surface area contributed by atoms with Crippen LogP contribution in [-0.2, 0) is 90.2 Å². The third-order valence-electron chi connectivity index (χ3n) is 18.2. The van der Waals surface area contributed by atoms with E-state index < -0.39 is 315 Å². The Bertz CT molecular complexity index is 2620. The van der Waals surface area contributed by atoms with Gasteiger partial charge in [0.1, 0.15) is 189 Å². The van der Waals surface area contributed by atoms with Crippen molar-refractivity contribution in [2.45, 2.75) is 280 Å². The quantitative estimate of drug-likeness (QED) is 0.0404. The molecule has 0 aromatic carbocycles. The molecule has 8 saturated heterocycles. The summed E-state index contributed by atoms with van der Waals surface area (Å²) in [6.07, 6.45) is -72.5. The summed E-state index contributed by atoms with van der Waals surface area (Å²) in [6.45, 7) is -2.14. The van der Waals surface area contributed by atoms with E-state index in [4.69, 9.17) is 71.1 Å². The Kier molecular flexibility index (Phi) is 29.3. The molecule has 0 spiro atoms. The summed E-state index contributed by atoms with van der Waals surface area (Å²) in [6, 6.07) is -7.28. The van der Waals surface area contributed by atoms with E-state index in [0.717, 1.165) is 27.7 Å². The summed E-state index contributed by atoms with van der Waals surface area (Å²) < 4.78 is 90.0. The fourth-order valence-corrected chi connectivity index (χ4v) is 12.8. The fraction of sp³-hybridized carbons (Fsp3) is 0.929. The molecule has 4 amide bonds. The minimum atomic E-state index is -2.54. The zero-order valence-corrected chi connectivity index (χ0v) is 54.2. The highest BCUT2D eigenvalue weighted by Gasteiger charge is 2.60. The van der Waals surface area contributed by atoms with E-state index in [9.17, 15) is 126 Å². The molecule has 0 radical (unpaired) electrons. The molecule has 100 heavy (non-hydrogen) atoms. The predicted octanol–water partition coefficient (Wildman–Crippen LogP) is -16.8. The Hall–Kier alpha value is -3.56. The molecule has 578 valence electrons. The normalized spacial score (nSPS) is 48.7. The fourth-order valence-electron chi connectivity index (χ4n) is 12.8. The molecule has 0 aromatic heterocycles. The van der Waals surface area contributed by atoms with Crippen LogP contribution in [-0.4, -0.2) is 423 Å². The maximum absolute atomic E-state index is 13.1. The highest BCUT2D eigenvalue weighted by molar-refractivity contribution is 5.74. The molecule has 0 saturated carbocycles. The first-order valence-electron chi connectivity index (χ1n) is 32.0. The minimum Gasteiger partial charge on any atom is -0.394 e. The van der Waals surface area contributed by atoms with Gasteiger partial charge in [-0.2, -0.15) is 0 Å². The average molecular weight is 1460 g/mol. The SMILES string of the molecule is CC(=O)N[C@@H]1[C@@H](O)[C@H](O[C@@H]2O[C@H](CO)[C@@H](O[C@@H]3O[C@H](CO[C@H]4O[C@H](CO)[C@@H](O)[C@H](O)[C@@H]4O[C@@H]4O[C@H](CO)[C@@H](O)[C@H](O)[C@H]4NC(C)=O)[C@@H](O[C@@H]4O[C@H](CO)[C@@H](O)[C@H](O)[C@H]4NC(C)=O)[C@H](O[C@H]4O[C@H](CO)[C@@H](O)[C@H](O)[C@@H]4O)[C@@H]3O)[C@H](O)[C@H]2NC(C)=O)[C@@H](CO[C@@H]2O[C@@H](C)[C@@H](O)[C@@H](O)[C@@H]2O)O[C@H]1O. The van der Waals surface area contributed by atoms with E-state index in [1.165, 1.54) is 6.92 Å². The van der Waals surface area contributed by atoms with Crippen LogP contribution in [0.3, 0.4) is 0 Å². The zero-order valence-electron chi connectivity index (χ0n) is 54.2. The lowest BCUT2D eigenvalue weighted by Gasteiger charge is -2.52. The number of amides is 4. The lowest BCUT2D eigenvalue weighted by molar-refractivity contribution is -0.400. The first kappa shape index (κ1) is 82.1. The lowest BCUT2D eigenvalue weighted by Crippen LogP contribution is -2.71. The van der Waals surface area contributed by atoms with Crippen LogP contribution in [0.4, 0.5) is 0 Å². The number of rotatable bonds is 25. The molecular weight excluding hydrogens is 1370 g/mol. The third kappa shape index (κ3) is 18.3. The van der Waals surface area contributed by atoms with Crippen molar-refractivity contribution in [3.05, 3.63) is 0 Å². The number of carbonyl (C=O) groups excluding carboxylic acids is 4. The summed E-state index contributed by atoms with van der Waals surface area (Å²) in [5.41, 5.74) is 0. The number of carbonyl (C=O) groups is 4. The second-order valence-electron chi connectivity index (χ2n) is 25.4. The standard InChI is InChI=1S/C56H94N4O40/c1-13-29(70)38(79)41(82)53(88-13)86-11-23-45(36(77)25(49(85)89-23)57-14(2)66)96-52-28(60-17(5)69)37(78)44(22(10-65)94-52)97-55-43(84)47(99-54-42(83)39(80)32(73)20(8-63)92-54)46(98-50-26(58-15(3)67)34(75)30(71)18(6-61)90-50)24(95-55)12-87-56-48(40(81)33(74)21(9-64)93-56)100-51-27(59-16(4)68)35(76)31(72)19(7-62)91-51/h13,18-56,61-65,70-85H,6-12H2,1-5H3,(H,57,66)(H,58,67)(H,59,68)(H,60,69)/t13-,18+,19+,20+,21+,22+,23+,24+,25+,26+,27+,28+,29+,30+,31+,32+,33+,34+,35+,36+,37+,38+,39-,40-,41-,42-,43-,44+,45+,46+,47+,48-,49+,50-,51-,52-,53+,54+,55-,56-/m0/s1. The molecular formula is C56H94N4O40. The van der Waals surface area contributed by atoms with Gasteiger partial charge in [0, 0.05) is 27.7 Å². The molecule has 8 aliphatic heterocycles. The molecule has 44 nitrogen and oxygen atoms in total. The van der Waals surface area contributed by atoms with Crippen LogP contribution >= 0.6 is 0 Å². The topological polar surface area (TPSA) is 680 Å². The molecule has 0 bridgehead atoms. The smallest absolute Gasteiger partial charge is 0.217 e. The zero-order chi connectivity index (χ0) is 73.8. The Balaban J connectivity index is 1.19. The highest BCUT2D eigenvalue weighted by Crippen LogP contribution is 2.39. The van der Waals surface area contributed by atoms with E-state index in [0.29, 0.717) is 0 Å². The van der Waals surface area contributed by atoms with Gasteiger partial charge in [0.05, 0.1) is 52.4 Å². The van der Waals surface area contributed by atoms with Gasteiger partial charge in [-0.1, -0.05) is 0 Å². The van der Waals surface area contributed by atoms with Gasteiger partial charge in [-0.15, -0.1) is 0 Å². The Morgan fingerprint density at radius 3 is 1.09 bits per heavy atom. The monoisotopic (exact) mass is 1460 g/mol. The number of hydrogen-bond acceptors (Lipinski definition) is 40. The largest absolute Gasteiger partial charge is 0.394 e. The van der Waals surface area contributed by atoms with Crippen LogP contribution in [0.25, 0.3) is 0 Å². The van der Waals surface area contributed by atoms with E-state index in [-0.39, 0.29) is 0 Å². The Labute approximate surface area is 567 Å². The van der Waals surface area contributed by atoms with Crippen molar-refractivity contribution in [2.75, 3.05) is 46.2 Å². The van der Waals surface area contributed by atoms with Crippen LogP contribution in [0, 0.1) is 0 Å². The molecule has 0 aromatic rings. The van der Waals surface area contributed by atoms with Crippen molar-refractivity contribution in [2.24, 2.45) is 0 Å². The molecule has 8 rings (SSSR count). The molecule has 0 aliphatic carbocycles. The summed E-state index contributed by atoms with van der Waals surface area (Å²) in [5, 5.41) is 242. The van der Waals surface area contributed by atoms with Crippen molar-refractivity contribution in [1.29, 1.82) is 0 Å². The van der Waals surface area contributed by atoms with E-state index in [1.54, 1.807) is 0 Å². The van der Waals surface area contributed by atoms with Crippen LogP contribution in [0.5, 0.6) is 0 Å². The van der Waals surface area contributed by atoms with Gasteiger partial charge in [0.2, 0.25) is 23.6 Å². The van der Waals surface area contributed by atoms with Crippen LogP contribution in [0.2, 0.25) is 0 Å².